The molecule has 120 valence electrons. The van der Waals surface area contributed by atoms with Gasteiger partial charge in [0.25, 0.3) is 0 Å². The number of ketones is 3. The van der Waals surface area contributed by atoms with Crippen LogP contribution >= 0.6 is 0 Å². The summed E-state index contributed by atoms with van der Waals surface area (Å²) in [5, 5.41) is 0. The fraction of sp³-hybridized carbons (Fsp3) is 0.842. The number of hydrogen-bond acceptors (Lipinski definition) is 3. The summed E-state index contributed by atoms with van der Waals surface area (Å²) >= 11 is 0. The largest absolute Gasteiger partial charge is 0.300 e. The maximum atomic E-state index is 12.9. The van der Waals surface area contributed by atoms with Crippen LogP contribution in [0.5, 0.6) is 0 Å². The first-order valence-electron chi connectivity index (χ1n) is 8.90. The molecule has 0 amide bonds. The monoisotopic (exact) mass is 302 g/mol. The Balaban J connectivity index is 1.71. The fourth-order valence-electron chi connectivity index (χ4n) is 6.51. The van der Waals surface area contributed by atoms with Crippen LogP contribution in [0.1, 0.15) is 65.2 Å². The molecule has 0 spiro atoms. The van der Waals surface area contributed by atoms with Crippen molar-refractivity contribution in [2.45, 2.75) is 65.2 Å². The Morgan fingerprint density at radius 3 is 2.45 bits per heavy atom. The van der Waals surface area contributed by atoms with Crippen LogP contribution in [-0.4, -0.2) is 17.3 Å². The Morgan fingerprint density at radius 2 is 1.68 bits per heavy atom. The summed E-state index contributed by atoms with van der Waals surface area (Å²) in [4.78, 5) is 36.8. The summed E-state index contributed by atoms with van der Waals surface area (Å²) in [5.74, 6) is 2.05. The second-order valence-electron chi connectivity index (χ2n) is 8.97. The van der Waals surface area contributed by atoms with Crippen LogP contribution in [0.15, 0.2) is 0 Å². The van der Waals surface area contributed by atoms with Crippen molar-refractivity contribution in [3.8, 4) is 0 Å². The van der Waals surface area contributed by atoms with E-state index in [9.17, 15) is 14.4 Å². The Hall–Kier alpha value is -0.990. The zero-order valence-electron chi connectivity index (χ0n) is 13.7. The van der Waals surface area contributed by atoms with Gasteiger partial charge in [0, 0.05) is 38.0 Å². The molecule has 0 bridgehead atoms. The second-order valence-corrected chi connectivity index (χ2v) is 8.97. The quantitative estimate of drug-likeness (QED) is 0.689. The molecule has 4 fully saturated rings. The third-order valence-electron chi connectivity index (χ3n) is 7.85. The van der Waals surface area contributed by atoms with Crippen molar-refractivity contribution in [3.05, 3.63) is 0 Å². The van der Waals surface area contributed by atoms with Crippen LogP contribution in [-0.2, 0) is 14.4 Å². The van der Waals surface area contributed by atoms with Crippen LogP contribution in [0.2, 0.25) is 0 Å². The lowest BCUT2D eigenvalue weighted by molar-refractivity contribution is -0.156. The molecular formula is C19H26O3. The average Bonchev–Trinajstić information content (AvgIpc) is 2.75. The van der Waals surface area contributed by atoms with E-state index in [4.69, 9.17) is 0 Å². The molecule has 0 saturated heterocycles. The minimum Gasteiger partial charge on any atom is -0.300 e. The van der Waals surface area contributed by atoms with Gasteiger partial charge in [-0.25, -0.2) is 0 Å². The van der Waals surface area contributed by atoms with E-state index in [0.29, 0.717) is 55.4 Å². The van der Waals surface area contributed by atoms with E-state index in [0.717, 1.165) is 19.3 Å². The summed E-state index contributed by atoms with van der Waals surface area (Å²) in [5.41, 5.74) is 0.195. The van der Waals surface area contributed by atoms with E-state index >= 15 is 0 Å². The van der Waals surface area contributed by atoms with Crippen molar-refractivity contribution in [2.75, 3.05) is 0 Å². The summed E-state index contributed by atoms with van der Waals surface area (Å²) in [6.45, 7) is 4.55. The van der Waals surface area contributed by atoms with Gasteiger partial charge in [0.05, 0.1) is 0 Å². The molecule has 4 rings (SSSR count). The van der Waals surface area contributed by atoms with E-state index in [-0.39, 0.29) is 28.6 Å². The lowest BCUT2D eigenvalue weighted by atomic mass is 9.45. The van der Waals surface area contributed by atoms with Crippen molar-refractivity contribution >= 4 is 17.3 Å². The molecule has 0 heterocycles. The van der Waals surface area contributed by atoms with Gasteiger partial charge in [-0.15, -0.1) is 0 Å². The zero-order valence-corrected chi connectivity index (χ0v) is 13.7. The van der Waals surface area contributed by atoms with E-state index in [1.54, 1.807) is 0 Å². The highest BCUT2D eigenvalue weighted by Crippen LogP contribution is 2.64. The fourth-order valence-corrected chi connectivity index (χ4v) is 6.51. The number of hydrogen-bond donors (Lipinski definition) is 0. The van der Waals surface area contributed by atoms with Gasteiger partial charge in [0.2, 0.25) is 0 Å². The van der Waals surface area contributed by atoms with Gasteiger partial charge >= 0.3 is 0 Å². The predicted octanol–water partition coefficient (Wildman–Crippen LogP) is 3.35. The van der Waals surface area contributed by atoms with Crippen LogP contribution in [0.3, 0.4) is 0 Å². The highest BCUT2D eigenvalue weighted by Gasteiger charge is 2.61. The van der Waals surface area contributed by atoms with Gasteiger partial charge in [-0.1, -0.05) is 13.8 Å². The average molecular weight is 302 g/mol. The summed E-state index contributed by atoms with van der Waals surface area (Å²) in [6, 6.07) is 0. The van der Waals surface area contributed by atoms with E-state index in [1.807, 2.05) is 0 Å². The molecular weight excluding hydrogens is 276 g/mol. The molecule has 4 aliphatic rings. The molecule has 4 aliphatic carbocycles. The molecule has 0 aromatic carbocycles. The molecule has 0 aromatic heterocycles. The first-order chi connectivity index (χ1) is 10.3. The molecule has 22 heavy (non-hydrogen) atoms. The van der Waals surface area contributed by atoms with Crippen molar-refractivity contribution in [3.63, 3.8) is 0 Å². The van der Waals surface area contributed by atoms with Gasteiger partial charge in [0.1, 0.15) is 17.3 Å². The van der Waals surface area contributed by atoms with Crippen molar-refractivity contribution in [1.82, 2.24) is 0 Å². The Labute approximate surface area is 132 Å². The van der Waals surface area contributed by atoms with Gasteiger partial charge in [0.15, 0.2) is 0 Å². The molecule has 4 saturated carbocycles. The minimum absolute atomic E-state index is 0.0571. The Kier molecular flexibility index (Phi) is 3.00. The molecule has 0 aromatic rings. The normalized spacial score (nSPS) is 51.3. The van der Waals surface area contributed by atoms with Gasteiger partial charge in [-0.2, -0.15) is 0 Å². The molecule has 3 nitrogen and oxygen atoms in total. The number of Topliss-reactive ketones (excluding diaryl/α,β-unsaturated/α-hetero) is 3. The maximum Gasteiger partial charge on any atom is 0.136 e. The topological polar surface area (TPSA) is 51.2 Å². The van der Waals surface area contributed by atoms with Crippen molar-refractivity contribution < 1.29 is 14.4 Å². The van der Waals surface area contributed by atoms with Crippen molar-refractivity contribution in [1.29, 1.82) is 0 Å². The summed E-state index contributed by atoms with van der Waals surface area (Å²) < 4.78 is 0. The van der Waals surface area contributed by atoms with Crippen LogP contribution < -0.4 is 0 Å². The lowest BCUT2D eigenvalue weighted by Gasteiger charge is -2.58. The highest BCUT2D eigenvalue weighted by molar-refractivity contribution is 5.88. The predicted molar refractivity (Wildman–Crippen MR) is 82.1 cm³/mol. The zero-order chi connectivity index (χ0) is 15.7. The number of carbonyl (C=O) groups is 3. The molecule has 5 unspecified atom stereocenters. The third kappa shape index (κ3) is 1.83. The van der Waals surface area contributed by atoms with Crippen LogP contribution in [0.4, 0.5) is 0 Å². The highest BCUT2D eigenvalue weighted by atomic mass is 16.1. The van der Waals surface area contributed by atoms with E-state index in [1.165, 1.54) is 0 Å². The summed E-state index contributed by atoms with van der Waals surface area (Å²) in [7, 11) is 0. The number of carbonyl (C=O) groups excluding carboxylic acids is 3. The first-order valence-corrected chi connectivity index (χ1v) is 8.90. The van der Waals surface area contributed by atoms with E-state index < -0.39 is 0 Å². The van der Waals surface area contributed by atoms with Crippen molar-refractivity contribution in [2.24, 2.45) is 34.5 Å². The molecule has 6 atom stereocenters. The van der Waals surface area contributed by atoms with Gasteiger partial charge in [-0.05, 0) is 47.8 Å². The number of rotatable bonds is 0. The standard InChI is InChI=1S/C19H26O3/c1-18-5-4-14-17(15(18)9-13(21)10-18)16(22)8-11-7-12(20)3-6-19(11,14)2/h11,14-15,17H,3-10H2,1-2H3/t11-,14?,15?,17?,18?,19?/m1/s1. The van der Waals surface area contributed by atoms with E-state index in [2.05, 4.69) is 13.8 Å². The van der Waals surface area contributed by atoms with Gasteiger partial charge in [-0.3, -0.25) is 14.4 Å². The second kappa shape index (κ2) is 4.52. The summed E-state index contributed by atoms with van der Waals surface area (Å²) in [6.07, 6.45) is 6.24. The Bertz CT molecular complexity index is 565. The molecule has 3 heteroatoms. The van der Waals surface area contributed by atoms with Gasteiger partial charge < -0.3 is 0 Å². The molecule has 0 N–H and O–H groups in total. The minimum atomic E-state index is 0.0571. The number of fused-ring (bicyclic) bond motifs is 5. The smallest absolute Gasteiger partial charge is 0.136 e. The SMILES string of the molecule is CC12CCC3C(C(=O)C[C@H]4CC(=O)CCC34C)C1CC(=O)C2. The molecule has 0 radical (unpaired) electrons. The molecule has 0 aliphatic heterocycles. The van der Waals surface area contributed by atoms with Crippen LogP contribution in [0, 0.1) is 34.5 Å². The maximum absolute atomic E-state index is 12.9. The lowest BCUT2D eigenvalue weighted by Crippen LogP contribution is -2.56. The van der Waals surface area contributed by atoms with Crippen LogP contribution in [0.25, 0.3) is 0 Å². The Morgan fingerprint density at radius 1 is 0.909 bits per heavy atom. The third-order valence-corrected chi connectivity index (χ3v) is 7.85. The first kappa shape index (κ1) is 14.6.